The van der Waals surface area contributed by atoms with Crippen molar-refractivity contribution in [1.29, 1.82) is 0 Å². The molecule has 0 spiro atoms. The van der Waals surface area contributed by atoms with Crippen LogP contribution in [0.1, 0.15) is 46.5 Å². The van der Waals surface area contributed by atoms with Crippen LogP contribution in [0.3, 0.4) is 0 Å². The van der Waals surface area contributed by atoms with E-state index >= 15 is 0 Å². The zero-order valence-electron chi connectivity index (χ0n) is 10.6. The molecule has 2 atom stereocenters. The van der Waals surface area contributed by atoms with Gasteiger partial charge < -0.3 is 5.32 Å². The molecule has 1 saturated heterocycles. The molecule has 0 aromatic carbocycles. The van der Waals surface area contributed by atoms with Crippen LogP contribution in [0.15, 0.2) is 0 Å². The van der Waals surface area contributed by atoms with Gasteiger partial charge in [0, 0.05) is 6.04 Å². The van der Waals surface area contributed by atoms with Gasteiger partial charge in [-0.1, -0.05) is 20.8 Å². The smallest absolute Gasteiger partial charge is 0.0104 e. The Bertz CT molecular complexity index is 153. The Morgan fingerprint density at radius 3 is 2.67 bits per heavy atom. The molecule has 0 aliphatic carbocycles. The molecule has 1 N–H and O–H groups in total. The summed E-state index contributed by atoms with van der Waals surface area (Å²) in [6.07, 6.45) is 5.45. The topological polar surface area (TPSA) is 12.0 Å². The van der Waals surface area contributed by atoms with E-state index in [4.69, 9.17) is 0 Å². The van der Waals surface area contributed by atoms with Crippen LogP contribution in [0.5, 0.6) is 0 Å². The number of thioether (sulfide) groups is 1. The molecule has 0 bridgehead atoms. The second-order valence-corrected chi connectivity index (χ2v) is 6.31. The monoisotopic (exact) mass is 229 g/mol. The average Bonchev–Trinajstić information content (AvgIpc) is 2.71. The molecule has 1 fully saturated rings. The molecule has 15 heavy (non-hydrogen) atoms. The van der Waals surface area contributed by atoms with E-state index in [1.165, 1.54) is 43.7 Å². The normalized spacial score (nSPS) is 23.6. The standard InChI is InChI=1S/C13H27NS/c1-4-8-14-13(6-5-11(2)3)12-7-9-15-10-12/h11-14H,4-10H2,1-3H3. The van der Waals surface area contributed by atoms with Gasteiger partial charge in [0.1, 0.15) is 0 Å². The molecule has 2 heteroatoms. The third-order valence-electron chi connectivity index (χ3n) is 3.25. The average molecular weight is 229 g/mol. The van der Waals surface area contributed by atoms with Crippen LogP contribution in [-0.4, -0.2) is 24.1 Å². The molecule has 0 saturated carbocycles. The molecule has 2 unspecified atom stereocenters. The Labute approximate surface area is 99.8 Å². The van der Waals surface area contributed by atoms with Gasteiger partial charge in [-0.2, -0.15) is 11.8 Å². The van der Waals surface area contributed by atoms with Crippen LogP contribution in [0.2, 0.25) is 0 Å². The van der Waals surface area contributed by atoms with Gasteiger partial charge in [0.25, 0.3) is 0 Å². The number of rotatable bonds is 7. The van der Waals surface area contributed by atoms with Crippen LogP contribution >= 0.6 is 11.8 Å². The predicted octanol–water partition coefficient (Wildman–Crippen LogP) is 3.54. The van der Waals surface area contributed by atoms with Gasteiger partial charge in [-0.25, -0.2) is 0 Å². The zero-order valence-corrected chi connectivity index (χ0v) is 11.4. The Morgan fingerprint density at radius 2 is 2.13 bits per heavy atom. The van der Waals surface area contributed by atoms with E-state index in [2.05, 4.69) is 37.8 Å². The molecule has 0 aromatic rings. The second-order valence-electron chi connectivity index (χ2n) is 5.16. The first kappa shape index (κ1) is 13.4. The molecule has 1 rings (SSSR count). The summed E-state index contributed by atoms with van der Waals surface area (Å²) in [5.74, 6) is 4.57. The number of hydrogen-bond donors (Lipinski definition) is 1. The van der Waals surface area contributed by atoms with Crippen molar-refractivity contribution in [3.05, 3.63) is 0 Å². The van der Waals surface area contributed by atoms with Crippen LogP contribution in [0.4, 0.5) is 0 Å². The molecule has 1 aliphatic heterocycles. The van der Waals surface area contributed by atoms with Crippen molar-refractivity contribution in [2.75, 3.05) is 18.1 Å². The Kier molecular flexibility index (Phi) is 6.74. The quantitative estimate of drug-likeness (QED) is 0.716. The first-order valence-corrected chi connectivity index (χ1v) is 7.70. The van der Waals surface area contributed by atoms with Crippen molar-refractivity contribution < 1.29 is 0 Å². The van der Waals surface area contributed by atoms with Crippen molar-refractivity contribution in [3.8, 4) is 0 Å². The highest BCUT2D eigenvalue weighted by Crippen LogP contribution is 2.28. The van der Waals surface area contributed by atoms with E-state index in [1.54, 1.807) is 0 Å². The van der Waals surface area contributed by atoms with Gasteiger partial charge in [-0.05, 0) is 55.6 Å². The van der Waals surface area contributed by atoms with Gasteiger partial charge >= 0.3 is 0 Å². The lowest BCUT2D eigenvalue weighted by Crippen LogP contribution is -2.37. The predicted molar refractivity (Wildman–Crippen MR) is 71.6 cm³/mol. The molecule has 0 amide bonds. The van der Waals surface area contributed by atoms with Crippen molar-refractivity contribution in [3.63, 3.8) is 0 Å². The third-order valence-corrected chi connectivity index (χ3v) is 4.43. The third kappa shape index (κ3) is 5.26. The van der Waals surface area contributed by atoms with Crippen LogP contribution in [0, 0.1) is 11.8 Å². The molecule has 0 aromatic heterocycles. The van der Waals surface area contributed by atoms with Gasteiger partial charge in [0.15, 0.2) is 0 Å². The minimum Gasteiger partial charge on any atom is -0.314 e. The molecular formula is C13H27NS. The molecule has 1 nitrogen and oxygen atoms in total. The molecular weight excluding hydrogens is 202 g/mol. The highest BCUT2D eigenvalue weighted by molar-refractivity contribution is 7.99. The summed E-state index contributed by atoms with van der Waals surface area (Å²) in [5.41, 5.74) is 0. The lowest BCUT2D eigenvalue weighted by atomic mass is 9.92. The SMILES string of the molecule is CCCNC(CCC(C)C)C1CCSC1. The van der Waals surface area contributed by atoms with E-state index in [1.807, 2.05) is 0 Å². The van der Waals surface area contributed by atoms with Crippen molar-refractivity contribution in [1.82, 2.24) is 5.32 Å². The maximum atomic E-state index is 3.75. The van der Waals surface area contributed by atoms with Gasteiger partial charge in [-0.3, -0.25) is 0 Å². The first-order valence-electron chi connectivity index (χ1n) is 6.55. The van der Waals surface area contributed by atoms with E-state index in [0.29, 0.717) is 0 Å². The summed E-state index contributed by atoms with van der Waals surface area (Å²) >= 11 is 2.14. The van der Waals surface area contributed by atoms with Crippen LogP contribution < -0.4 is 5.32 Å². The van der Waals surface area contributed by atoms with Crippen molar-refractivity contribution >= 4 is 11.8 Å². The fourth-order valence-corrected chi connectivity index (χ4v) is 3.55. The van der Waals surface area contributed by atoms with Crippen LogP contribution in [0.25, 0.3) is 0 Å². The fraction of sp³-hybridized carbons (Fsp3) is 1.00. The van der Waals surface area contributed by atoms with E-state index in [9.17, 15) is 0 Å². The van der Waals surface area contributed by atoms with E-state index < -0.39 is 0 Å². The molecule has 1 heterocycles. The fourth-order valence-electron chi connectivity index (χ4n) is 2.22. The Balaban J connectivity index is 2.30. The highest BCUT2D eigenvalue weighted by Gasteiger charge is 2.24. The molecule has 90 valence electrons. The number of hydrogen-bond acceptors (Lipinski definition) is 2. The zero-order chi connectivity index (χ0) is 11.1. The maximum Gasteiger partial charge on any atom is 0.0104 e. The largest absolute Gasteiger partial charge is 0.314 e. The number of nitrogens with one attached hydrogen (secondary N) is 1. The summed E-state index contributed by atoms with van der Waals surface area (Å²) in [6, 6.07) is 0.794. The highest BCUT2D eigenvalue weighted by atomic mass is 32.2. The summed E-state index contributed by atoms with van der Waals surface area (Å²) in [4.78, 5) is 0. The molecule has 1 aliphatic rings. The van der Waals surface area contributed by atoms with E-state index in [-0.39, 0.29) is 0 Å². The summed E-state index contributed by atoms with van der Waals surface area (Å²) in [5, 5.41) is 3.75. The minimum atomic E-state index is 0.794. The Morgan fingerprint density at radius 1 is 1.33 bits per heavy atom. The summed E-state index contributed by atoms with van der Waals surface area (Å²) < 4.78 is 0. The minimum absolute atomic E-state index is 0.794. The summed E-state index contributed by atoms with van der Waals surface area (Å²) in [7, 11) is 0. The maximum absolute atomic E-state index is 3.75. The van der Waals surface area contributed by atoms with Gasteiger partial charge in [0.2, 0.25) is 0 Å². The first-order chi connectivity index (χ1) is 7.24. The van der Waals surface area contributed by atoms with Crippen LogP contribution in [-0.2, 0) is 0 Å². The Hall–Kier alpha value is 0.310. The van der Waals surface area contributed by atoms with Gasteiger partial charge in [-0.15, -0.1) is 0 Å². The second kappa shape index (κ2) is 7.56. The summed E-state index contributed by atoms with van der Waals surface area (Å²) in [6.45, 7) is 8.13. The van der Waals surface area contributed by atoms with E-state index in [0.717, 1.165) is 17.9 Å². The van der Waals surface area contributed by atoms with Crippen molar-refractivity contribution in [2.24, 2.45) is 11.8 Å². The lowest BCUT2D eigenvalue weighted by Gasteiger charge is -2.25. The lowest BCUT2D eigenvalue weighted by molar-refractivity contribution is 0.339. The van der Waals surface area contributed by atoms with Gasteiger partial charge in [0.05, 0.1) is 0 Å². The molecule has 0 radical (unpaired) electrons. The van der Waals surface area contributed by atoms with Crippen molar-refractivity contribution in [2.45, 2.75) is 52.5 Å².